The molecule has 0 fully saturated rings. The summed E-state index contributed by atoms with van der Waals surface area (Å²) in [6.45, 7) is 4.16. The minimum atomic E-state index is 1.13. The SMILES string of the molecule is CCC1=CC=C=B1. The standard InChI is InChI=1S/C6H7B/c1-2-6-4-3-5-7-6/h3-4H,2H2,1H3. The molecule has 1 aliphatic heterocycles. The van der Waals surface area contributed by atoms with E-state index in [0.29, 0.717) is 0 Å². The summed E-state index contributed by atoms with van der Waals surface area (Å²) in [6, 6.07) is 0. The van der Waals surface area contributed by atoms with Crippen LogP contribution in [0.3, 0.4) is 0 Å². The predicted molar refractivity (Wildman–Crippen MR) is 33.7 cm³/mol. The van der Waals surface area contributed by atoms with Crippen molar-refractivity contribution < 1.29 is 0 Å². The van der Waals surface area contributed by atoms with E-state index in [9.17, 15) is 0 Å². The van der Waals surface area contributed by atoms with Gasteiger partial charge in [-0.3, -0.25) is 0 Å². The van der Waals surface area contributed by atoms with Gasteiger partial charge in [-0.25, -0.2) is 0 Å². The average molecular weight is 89.9 g/mol. The molecule has 34 valence electrons. The van der Waals surface area contributed by atoms with Crippen LogP contribution in [0.2, 0.25) is 0 Å². The fourth-order valence-corrected chi connectivity index (χ4v) is 0.578. The van der Waals surface area contributed by atoms with Gasteiger partial charge in [0.2, 0.25) is 0 Å². The maximum atomic E-state index is 2.98. The Morgan fingerprint density at radius 1 is 1.86 bits per heavy atom. The summed E-state index contributed by atoms with van der Waals surface area (Å²) in [5.74, 6) is 0. The summed E-state index contributed by atoms with van der Waals surface area (Å²) in [5.41, 5.74) is 4.36. The normalized spacial score (nSPS) is 14.1. The van der Waals surface area contributed by atoms with Crippen molar-refractivity contribution in [3.8, 4) is 0 Å². The van der Waals surface area contributed by atoms with Gasteiger partial charge in [0.05, 0.1) is 0 Å². The zero-order valence-corrected chi connectivity index (χ0v) is 4.44. The molecule has 0 aromatic carbocycles. The molecule has 0 spiro atoms. The Hall–Kier alpha value is -0.545. The molecule has 0 radical (unpaired) electrons. The van der Waals surface area contributed by atoms with Gasteiger partial charge in [-0.1, -0.05) is 0 Å². The minimum absolute atomic E-state index is 1.13. The van der Waals surface area contributed by atoms with Crippen LogP contribution in [-0.4, -0.2) is 12.5 Å². The molecule has 0 aromatic rings. The first kappa shape index (κ1) is 4.61. The fraction of sp³-hybridized carbons (Fsp3) is 0.333. The molecule has 0 amide bonds. The Labute approximate surface area is 44.5 Å². The Morgan fingerprint density at radius 2 is 2.71 bits per heavy atom. The van der Waals surface area contributed by atoms with Crippen LogP contribution in [0.25, 0.3) is 0 Å². The summed E-state index contributed by atoms with van der Waals surface area (Å²) in [4.78, 5) is 0. The van der Waals surface area contributed by atoms with E-state index in [2.05, 4.69) is 18.6 Å². The van der Waals surface area contributed by atoms with E-state index >= 15 is 0 Å². The summed E-state index contributed by atoms with van der Waals surface area (Å²) in [5, 5.41) is 0. The zero-order chi connectivity index (χ0) is 5.11. The van der Waals surface area contributed by atoms with Gasteiger partial charge in [0.15, 0.2) is 0 Å². The maximum absolute atomic E-state index is 2.98. The van der Waals surface area contributed by atoms with Crippen molar-refractivity contribution >= 4 is 12.5 Å². The van der Waals surface area contributed by atoms with Crippen LogP contribution < -0.4 is 0 Å². The van der Waals surface area contributed by atoms with Crippen molar-refractivity contribution in [1.29, 1.82) is 0 Å². The molecule has 0 aromatic heterocycles. The number of allylic oxidation sites excluding steroid dienone is 3. The number of hydrogen-bond acceptors (Lipinski definition) is 0. The molecule has 0 bridgehead atoms. The van der Waals surface area contributed by atoms with Crippen LogP contribution in [-0.2, 0) is 0 Å². The van der Waals surface area contributed by atoms with Gasteiger partial charge in [0.25, 0.3) is 0 Å². The first-order valence-electron chi connectivity index (χ1n) is 2.55. The molecule has 0 saturated carbocycles. The molecule has 0 saturated heterocycles. The van der Waals surface area contributed by atoms with Crippen molar-refractivity contribution in [2.45, 2.75) is 13.3 Å². The van der Waals surface area contributed by atoms with E-state index in [1.165, 1.54) is 5.47 Å². The van der Waals surface area contributed by atoms with Crippen molar-refractivity contribution in [2.75, 3.05) is 0 Å². The molecule has 7 heavy (non-hydrogen) atoms. The topological polar surface area (TPSA) is 0 Å². The van der Waals surface area contributed by atoms with Gasteiger partial charge >= 0.3 is 43.5 Å². The van der Waals surface area contributed by atoms with Gasteiger partial charge in [0, 0.05) is 0 Å². The molecule has 0 aliphatic carbocycles. The Bertz CT molecular complexity index is 148. The monoisotopic (exact) mass is 90.1 g/mol. The predicted octanol–water partition coefficient (Wildman–Crippen LogP) is 0.955. The first-order chi connectivity index (χ1) is 3.43. The van der Waals surface area contributed by atoms with Gasteiger partial charge in [-0.15, -0.1) is 0 Å². The van der Waals surface area contributed by atoms with Gasteiger partial charge in [0.1, 0.15) is 0 Å². The fourth-order valence-electron chi connectivity index (χ4n) is 0.578. The molecule has 1 aliphatic rings. The van der Waals surface area contributed by atoms with Crippen LogP contribution in [0.1, 0.15) is 13.3 Å². The summed E-state index contributed by atoms with van der Waals surface area (Å²) in [7, 11) is 0. The van der Waals surface area contributed by atoms with Crippen LogP contribution in [0, 0.1) is 0 Å². The van der Waals surface area contributed by atoms with Crippen molar-refractivity contribution in [1.82, 2.24) is 0 Å². The number of rotatable bonds is 1. The Balaban J connectivity index is 2.63. The molecular weight excluding hydrogens is 82.9 g/mol. The average Bonchev–Trinajstić information content (AvgIpc) is 2.14. The Morgan fingerprint density at radius 3 is 3.00 bits per heavy atom. The van der Waals surface area contributed by atoms with Gasteiger partial charge in [-0.2, -0.15) is 0 Å². The van der Waals surface area contributed by atoms with Gasteiger partial charge < -0.3 is 0 Å². The Kier molecular flexibility index (Phi) is 1.28. The molecular formula is C6H7B. The van der Waals surface area contributed by atoms with Crippen LogP contribution >= 0.6 is 0 Å². The quantitative estimate of drug-likeness (QED) is 0.420. The first-order valence-corrected chi connectivity index (χ1v) is 2.55. The van der Waals surface area contributed by atoms with E-state index in [4.69, 9.17) is 0 Å². The third-order valence-electron chi connectivity index (χ3n) is 1.07. The van der Waals surface area contributed by atoms with Crippen LogP contribution in [0.5, 0.6) is 0 Å². The van der Waals surface area contributed by atoms with Crippen LogP contribution in [0.4, 0.5) is 0 Å². The molecule has 0 nitrogen and oxygen atoms in total. The van der Waals surface area contributed by atoms with E-state index in [1.54, 1.807) is 0 Å². The van der Waals surface area contributed by atoms with E-state index in [-0.39, 0.29) is 0 Å². The molecule has 1 heteroatoms. The second-order valence-corrected chi connectivity index (χ2v) is 1.57. The summed E-state index contributed by atoms with van der Waals surface area (Å²) < 4.78 is 0. The van der Waals surface area contributed by atoms with Crippen molar-refractivity contribution in [2.24, 2.45) is 0 Å². The zero-order valence-electron chi connectivity index (χ0n) is 4.44. The molecule has 1 rings (SSSR count). The third-order valence-corrected chi connectivity index (χ3v) is 1.07. The summed E-state index contributed by atoms with van der Waals surface area (Å²) >= 11 is 0. The molecule has 0 atom stereocenters. The summed E-state index contributed by atoms with van der Waals surface area (Å²) in [6.07, 6.45) is 5.16. The molecule has 0 N–H and O–H groups in total. The molecule has 0 unspecified atom stereocenters. The van der Waals surface area contributed by atoms with E-state index in [1.807, 2.05) is 13.0 Å². The third kappa shape index (κ3) is 0.911. The van der Waals surface area contributed by atoms with Crippen molar-refractivity contribution in [3.63, 3.8) is 0 Å². The van der Waals surface area contributed by atoms with E-state index in [0.717, 1.165) is 6.42 Å². The van der Waals surface area contributed by atoms with Crippen molar-refractivity contribution in [3.05, 3.63) is 17.6 Å². The van der Waals surface area contributed by atoms with E-state index < -0.39 is 0 Å². The molecule has 1 heterocycles. The van der Waals surface area contributed by atoms with Gasteiger partial charge in [-0.05, 0) is 0 Å². The number of hydrogen-bond donors (Lipinski definition) is 0. The van der Waals surface area contributed by atoms with Crippen LogP contribution in [0.15, 0.2) is 17.6 Å². The second-order valence-electron chi connectivity index (χ2n) is 1.57. The second kappa shape index (κ2) is 1.95.